The summed E-state index contributed by atoms with van der Waals surface area (Å²) < 4.78 is 28.6. The van der Waals surface area contributed by atoms with Crippen molar-refractivity contribution in [1.29, 1.82) is 0 Å². The molecule has 1 unspecified atom stereocenters. The first-order chi connectivity index (χ1) is 13.7. The molecule has 0 bridgehead atoms. The Balaban J connectivity index is 1.55. The molecule has 0 fully saturated rings. The zero-order valence-electron chi connectivity index (χ0n) is 14.6. The number of nitrogens with zero attached hydrogens (tertiary/aromatic N) is 3. The van der Waals surface area contributed by atoms with Crippen LogP contribution in [0.25, 0.3) is 11.1 Å². The first-order valence-electron chi connectivity index (χ1n) is 8.82. The highest BCUT2D eigenvalue weighted by molar-refractivity contribution is 8.00. The fourth-order valence-corrected chi connectivity index (χ4v) is 4.86. The van der Waals surface area contributed by atoms with Crippen LogP contribution >= 0.6 is 23.5 Å². The maximum absolute atomic E-state index is 14.8. The summed E-state index contributed by atoms with van der Waals surface area (Å²) in [5.41, 5.74) is 3.18. The van der Waals surface area contributed by atoms with Crippen LogP contribution in [0.1, 0.15) is 30.0 Å². The van der Waals surface area contributed by atoms with Crippen molar-refractivity contribution in [3.63, 3.8) is 0 Å². The monoisotopic (exact) mass is 414 g/mol. The van der Waals surface area contributed by atoms with E-state index < -0.39 is 11.6 Å². The Morgan fingerprint density at radius 1 is 1.32 bits per heavy atom. The minimum Gasteiger partial charge on any atom is -0.408 e. The lowest BCUT2D eigenvalue weighted by Gasteiger charge is -2.26. The van der Waals surface area contributed by atoms with Crippen molar-refractivity contribution >= 4 is 39.7 Å². The third-order valence-corrected chi connectivity index (χ3v) is 6.46. The fourth-order valence-electron chi connectivity index (χ4n) is 3.72. The van der Waals surface area contributed by atoms with Crippen molar-refractivity contribution < 1.29 is 8.81 Å². The smallest absolute Gasteiger partial charge is 0.408 e. The Kier molecular flexibility index (Phi) is 4.40. The molecule has 4 aromatic rings. The first-order valence-corrected chi connectivity index (χ1v) is 10.4. The van der Waals surface area contributed by atoms with E-state index in [0.717, 1.165) is 36.8 Å². The molecule has 1 aliphatic carbocycles. The van der Waals surface area contributed by atoms with E-state index in [-0.39, 0.29) is 6.04 Å². The van der Waals surface area contributed by atoms with E-state index in [1.54, 1.807) is 10.6 Å². The largest absolute Gasteiger partial charge is 0.420 e. The average molecular weight is 414 g/mol. The second-order valence-corrected chi connectivity index (χ2v) is 8.17. The van der Waals surface area contributed by atoms with E-state index in [4.69, 9.17) is 4.42 Å². The fraction of sp³-hybridized carbons (Fsp3) is 0.211. The Morgan fingerprint density at radius 2 is 2.21 bits per heavy atom. The number of halogens is 1. The Labute approximate surface area is 167 Å². The van der Waals surface area contributed by atoms with Crippen molar-refractivity contribution in [2.45, 2.75) is 30.2 Å². The van der Waals surface area contributed by atoms with Gasteiger partial charge < -0.3 is 9.14 Å². The van der Waals surface area contributed by atoms with Crippen LogP contribution in [0.15, 0.2) is 56.8 Å². The highest BCUT2D eigenvalue weighted by atomic mass is 32.2. The third-order valence-electron chi connectivity index (χ3n) is 4.93. The molecule has 0 saturated heterocycles. The molecule has 1 atom stereocenters. The summed E-state index contributed by atoms with van der Waals surface area (Å²) in [6.45, 7) is 0. The van der Waals surface area contributed by atoms with E-state index in [1.165, 1.54) is 29.5 Å². The lowest BCUT2D eigenvalue weighted by atomic mass is 9.87. The maximum Gasteiger partial charge on any atom is 0.420 e. The molecular formula is C19H15FN4O2S2. The van der Waals surface area contributed by atoms with Gasteiger partial charge in [0.25, 0.3) is 0 Å². The van der Waals surface area contributed by atoms with Gasteiger partial charge in [0.15, 0.2) is 5.58 Å². The van der Waals surface area contributed by atoms with Crippen molar-refractivity contribution in [2.24, 2.45) is 0 Å². The van der Waals surface area contributed by atoms with E-state index in [0.29, 0.717) is 21.1 Å². The van der Waals surface area contributed by atoms with Crippen molar-refractivity contribution in [3.05, 3.63) is 70.2 Å². The van der Waals surface area contributed by atoms with E-state index in [9.17, 15) is 9.18 Å². The summed E-state index contributed by atoms with van der Waals surface area (Å²) >= 11 is 2.25. The van der Waals surface area contributed by atoms with Gasteiger partial charge in [-0.1, -0.05) is 24.3 Å². The van der Waals surface area contributed by atoms with Crippen LogP contribution in [-0.4, -0.2) is 13.9 Å². The number of nitrogens with one attached hydrogen (secondary N) is 1. The lowest BCUT2D eigenvalue weighted by molar-refractivity contribution is 0.437. The van der Waals surface area contributed by atoms with Crippen LogP contribution in [0.5, 0.6) is 0 Å². The summed E-state index contributed by atoms with van der Waals surface area (Å²) in [7, 11) is 0. The number of benzene rings is 2. The van der Waals surface area contributed by atoms with Crippen LogP contribution in [0.4, 0.5) is 9.52 Å². The second kappa shape index (κ2) is 7.06. The second-order valence-electron chi connectivity index (χ2n) is 6.55. The number of hydrogen-bond acceptors (Lipinski definition) is 7. The molecule has 1 N–H and O–H groups in total. The normalized spacial score (nSPS) is 16.2. The van der Waals surface area contributed by atoms with Crippen LogP contribution in [0.2, 0.25) is 0 Å². The quantitative estimate of drug-likeness (QED) is 0.491. The average Bonchev–Trinajstić information content (AvgIpc) is 3.33. The van der Waals surface area contributed by atoms with Crippen LogP contribution < -0.4 is 10.5 Å². The van der Waals surface area contributed by atoms with Gasteiger partial charge in [-0.3, -0.25) is 4.57 Å². The Morgan fingerprint density at radius 3 is 3.07 bits per heavy atom. The van der Waals surface area contributed by atoms with Crippen LogP contribution in [0, 0.1) is 5.82 Å². The van der Waals surface area contributed by atoms with Crippen LogP contribution in [-0.2, 0) is 6.42 Å². The molecule has 1 aliphatic rings. The molecule has 5 rings (SSSR count). The number of hydrogen-bond donors (Lipinski definition) is 1. The Hall–Kier alpha value is -2.65. The molecule has 0 aliphatic heterocycles. The number of anilines is 1. The highest BCUT2D eigenvalue weighted by Crippen LogP contribution is 2.35. The van der Waals surface area contributed by atoms with Crippen molar-refractivity contribution in [2.75, 3.05) is 4.72 Å². The molecule has 0 radical (unpaired) electrons. The van der Waals surface area contributed by atoms with Crippen molar-refractivity contribution in [3.8, 4) is 0 Å². The third kappa shape index (κ3) is 3.00. The van der Waals surface area contributed by atoms with Gasteiger partial charge in [-0.15, -0.1) is 0 Å². The van der Waals surface area contributed by atoms with Gasteiger partial charge >= 0.3 is 5.76 Å². The lowest BCUT2D eigenvalue weighted by Crippen LogP contribution is -2.24. The number of fused-ring (bicyclic) bond motifs is 2. The maximum atomic E-state index is 14.8. The zero-order valence-corrected chi connectivity index (χ0v) is 16.2. The number of oxazole rings is 1. The van der Waals surface area contributed by atoms with Gasteiger partial charge in [-0.2, -0.15) is 4.37 Å². The van der Waals surface area contributed by atoms with Gasteiger partial charge in [0, 0.05) is 23.7 Å². The summed E-state index contributed by atoms with van der Waals surface area (Å²) in [6, 6.07) is 10.9. The zero-order chi connectivity index (χ0) is 19.1. The summed E-state index contributed by atoms with van der Waals surface area (Å²) in [5, 5.41) is 0.572. The molecule has 28 heavy (non-hydrogen) atoms. The predicted octanol–water partition coefficient (Wildman–Crippen LogP) is 4.63. The molecule has 0 saturated carbocycles. The highest BCUT2D eigenvalue weighted by Gasteiger charge is 2.26. The Bertz CT molecular complexity index is 1200. The first kappa shape index (κ1) is 17.4. The molecular weight excluding hydrogens is 399 g/mol. The molecule has 2 aromatic heterocycles. The molecule has 2 aromatic carbocycles. The van der Waals surface area contributed by atoms with Gasteiger partial charge in [-0.05, 0) is 42.3 Å². The minimum absolute atomic E-state index is 0.142. The summed E-state index contributed by atoms with van der Waals surface area (Å²) in [6.07, 6.45) is 4.21. The SMILES string of the molecule is O=c1oc2cc(SNc3ncns3)c(F)cc2n1C1CCCc2ccccc21. The number of rotatable bonds is 4. The summed E-state index contributed by atoms with van der Waals surface area (Å²) in [5.74, 6) is -0.886. The predicted molar refractivity (Wildman–Crippen MR) is 107 cm³/mol. The van der Waals surface area contributed by atoms with Gasteiger partial charge in [-0.25, -0.2) is 14.2 Å². The van der Waals surface area contributed by atoms with Gasteiger partial charge in [0.2, 0.25) is 5.13 Å². The number of aryl methyl sites for hydroxylation is 1. The van der Waals surface area contributed by atoms with Gasteiger partial charge in [0.05, 0.1) is 16.5 Å². The van der Waals surface area contributed by atoms with Crippen molar-refractivity contribution in [1.82, 2.24) is 13.9 Å². The topological polar surface area (TPSA) is 73.0 Å². The van der Waals surface area contributed by atoms with E-state index in [2.05, 4.69) is 20.1 Å². The number of aromatic nitrogens is 3. The van der Waals surface area contributed by atoms with E-state index in [1.807, 2.05) is 18.2 Å². The van der Waals surface area contributed by atoms with Gasteiger partial charge in [0.1, 0.15) is 12.1 Å². The molecule has 9 heteroatoms. The molecule has 0 spiro atoms. The standard InChI is InChI=1S/C19H15FN4O2S2/c20-13-8-15-16(9-17(13)27-23-18-21-10-22-28-18)26-19(25)24(15)14-7-3-5-11-4-1-2-6-12(11)14/h1-2,4,6,8-10,14H,3,5,7H2,(H,21,22,23). The molecule has 2 heterocycles. The van der Waals surface area contributed by atoms with E-state index >= 15 is 0 Å². The summed E-state index contributed by atoms with van der Waals surface area (Å²) in [4.78, 5) is 17.0. The minimum atomic E-state index is -0.463. The van der Waals surface area contributed by atoms with Crippen LogP contribution in [0.3, 0.4) is 0 Å². The molecule has 142 valence electrons. The molecule has 0 amide bonds. The molecule has 6 nitrogen and oxygen atoms in total.